The van der Waals surface area contributed by atoms with E-state index in [0.29, 0.717) is 0 Å². The van der Waals surface area contributed by atoms with Crippen LogP contribution in [0.15, 0.2) is 34.1 Å². The Morgan fingerprint density at radius 1 is 1.38 bits per heavy atom. The van der Waals surface area contributed by atoms with Gasteiger partial charge in [-0.25, -0.2) is 0 Å². The highest BCUT2D eigenvalue weighted by molar-refractivity contribution is 7.10. The molecule has 0 aromatic carbocycles. The van der Waals surface area contributed by atoms with E-state index in [9.17, 15) is 0 Å². The topological polar surface area (TPSA) is 39.2 Å². The van der Waals surface area contributed by atoms with Crippen LogP contribution in [-0.2, 0) is 0 Å². The Balaban J connectivity index is 2.28. The zero-order valence-corrected chi connectivity index (χ0v) is 8.17. The highest BCUT2D eigenvalue weighted by Crippen LogP contribution is 2.24. The average Bonchev–Trinajstić information content (AvgIpc) is 2.72. The molecule has 0 saturated carbocycles. The lowest BCUT2D eigenvalue weighted by atomic mass is 10.2. The molecule has 68 valence electrons. The van der Waals surface area contributed by atoms with Crippen molar-refractivity contribution >= 4 is 11.3 Å². The van der Waals surface area contributed by atoms with Gasteiger partial charge in [-0.05, 0) is 30.5 Å². The maximum absolute atomic E-state index is 5.99. The number of furan rings is 1. The lowest BCUT2D eigenvalue weighted by molar-refractivity contribution is 0.468. The van der Waals surface area contributed by atoms with Crippen molar-refractivity contribution in [1.29, 1.82) is 0 Å². The molecule has 0 spiro atoms. The normalized spacial score (nSPS) is 13.1. The smallest absolute Gasteiger partial charge is 0.126 e. The van der Waals surface area contributed by atoms with Gasteiger partial charge in [-0.2, -0.15) is 0 Å². The Labute approximate surface area is 81.0 Å². The molecule has 0 amide bonds. The summed E-state index contributed by atoms with van der Waals surface area (Å²) in [7, 11) is 0. The van der Waals surface area contributed by atoms with Crippen LogP contribution in [0.1, 0.15) is 22.4 Å². The highest BCUT2D eigenvalue weighted by Gasteiger charge is 2.12. The third-order valence-electron chi connectivity index (χ3n) is 1.92. The summed E-state index contributed by atoms with van der Waals surface area (Å²) in [6.07, 6.45) is 0. The molecule has 2 nitrogen and oxygen atoms in total. The molecule has 0 bridgehead atoms. The van der Waals surface area contributed by atoms with Gasteiger partial charge >= 0.3 is 0 Å². The van der Waals surface area contributed by atoms with E-state index in [4.69, 9.17) is 10.2 Å². The van der Waals surface area contributed by atoms with E-state index in [1.165, 1.54) is 0 Å². The summed E-state index contributed by atoms with van der Waals surface area (Å²) in [5.74, 6) is 1.74. The van der Waals surface area contributed by atoms with Crippen molar-refractivity contribution in [2.45, 2.75) is 13.0 Å². The lowest BCUT2D eigenvalue weighted by Crippen LogP contribution is -2.08. The predicted octanol–water partition coefficient (Wildman–Crippen LogP) is 2.70. The molecule has 0 fully saturated rings. The van der Waals surface area contributed by atoms with E-state index in [1.807, 2.05) is 36.6 Å². The van der Waals surface area contributed by atoms with Crippen molar-refractivity contribution in [1.82, 2.24) is 0 Å². The summed E-state index contributed by atoms with van der Waals surface area (Å²) < 4.78 is 5.45. The predicted molar refractivity (Wildman–Crippen MR) is 53.8 cm³/mol. The number of nitrogens with two attached hydrogens (primary N) is 1. The Hall–Kier alpha value is -1.06. The second kappa shape index (κ2) is 3.36. The molecule has 0 saturated heterocycles. The van der Waals surface area contributed by atoms with E-state index < -0.39 is 0 Å². The van der Waals surface area contributed by atoms with Gasteiger partial charge in [-0.1, -0.05) is 6.07 Å². The third kappa shape index (κ3) is 1.66. The number of thiophene rings is 1. The quantitative estimate of drug-likeness (QED) is 0.796. The second-order valence-corrected chi connectivity index (χ2v) is 3.92. The summed E-state index contributed by atoms with van der Waals surface area (Å²) in [6.45, 7) is 1.92. The van der Waals surface area contributed by atoms with E-state index in [2.05, 4.69) is 0 Å². The molecule has 3 heteroatoms. The molecule has 2 aromatic heterocycles. The molecule has 0 aliphatic heterocycles. The van der Waals surface area contributed by atoms with Gasteiger partial charge in [-0.15, -0.1) is 11.3 Å². The van der Waals surface area contributed by atoms with Crippen LogP contribution in [0.3, 0.4) is 0 Å². The van der Waals surface area contributed by atoms with Gasteiger partial charge in [0.2, 0.25) is 0 Å². The first-order chi connectivity index (χ1) is 6.27. The van der Waals surface area contributed by atoms with Crippen molar-refractivity contribution in [3.63, 3.8) is 0 Å². The maximum atomic E-state index is 5.99. The van der Waals surface area contributed by atoms with Gasteiger partial charge in [0.15, 0.2) is 0 Å². The van der Waals surface area contributed by atoms with Crippen molar-refractivity contribution in [3.05, 3.63) is 46.0 Å². The van der Waals surface area contributed by atoms with Crippen LogP contribution in [0, 0.1) is 6.92 Å². The Kier molecular flexibility index (Phi) is 2.20. The van der Waals surface area contributed by atoms with Gasteiger partial charge in [0.25, 0.3) is 0 Å². The fourth-order valence-electron chi connectivity index (χ4n) is 1.23. The number of hydrogen-bond acceptors (Lipinski definition) is 3. The summed E-state index contributed by atoms with van der Waals surface area (Å²) in [5.41, 5.74) is 5.99. The maximum Gasteiger partial charge on any atom is 0.126 e. The van der Waals surface area contributed by atoms with Crippen molar-refractivity contribution in [2.75, 3.05) is 0 Å². The van der Waals surface area contributed by atoms with E-state index >= 15 is 0 Å². The van der Waals surface area contributed by atoms with Crippen LogP contribution in [0.25, 0.3) is 0 Å². The van der Waals surface area contributed by atoms with Crippen molar-refractivity contribution < 1.29 is 4.42 Å². The molecule has 1 atom stereocenters. The minimum Gasteiger partial charge on any atom is -0.464 e. The fraction of sp³-hybridized carbons (Fsp3) is 0.200. The summed E-state index contributed by atoms with van der Waals surface area (Å²) in [4.78, 5) is 1.13. The van der Waals surface area contributed by atoms with Crippen LogP contribution >= 0.6 is 11.3 Å². The summed E-state index contributed by atoms with van der Waals surface area (Å²) in [5, 5.41) is 2.02. The minimum atomic E-state index is -0.117. The zero-order valence-electron chi connectivity index (χ0n) is 7.36. The van der Waals surface area contributed by atoms with Crippen molar-refractivity contribution in [2.24, 2.45) is 5.73 Å². The molecule has 2 N–H and O–H groups in total. The number of rotatable bonds is 2. The standard InChI is InChI=1S/C10H11NOS/c1-7-4-5-8(12-7)10(11)9-3-2-6-13-9/h2-6,10H,11H2,1H3/t10-/m0/s1. The lowest BCUT2D eigenvalue weighted by Gasteiger charge is -2.04. The molecule has 2 aromatic rings. The Bertz CT molecular complexity index is 377. The van der Waals surface area contributed by atoms with Crippen LogP contribution < -0.4 is 5.73 Å². The Morgan fingerprint density at radius 3 is 2.77 bits per heavy atom. The molecule has 0 aliphatic carbocycles. The number of hydrogen-bond donors (Lipinski definition) is 1. The molecular weight excluding hydrogens is 182 g/mol. The monoisotopic (exact) mass is 193 g/mol. The first-order valence-corrected chi connectivity index (χ1v) is 5.00. The molecule has 0 aliphatic rings. The van der Waals surface area contributed by atoms with Crippen LogP contribution in [0.2, 0.25) is 0 Å². The summed E-state index contributed by atoms with van der Waals surface area (Å²) in [6, 6.07) is 7.76. The minimum absolute atomic E-state index is 0.117. The third-order valence-corrected chi connectivity index (χ3v) is 2.87. The molecule has 0 radical (unpaired) electrons. The van der Waals surface area contributed by atoms with E-state index in [-0.39, 0.29) is 6.04 Å². The van der Waals surface area contributed by atoms with Gasteiger partial charge in [0, 0.05) is 4.88 Å². The Morgan fingerprint density at radius 2 is 2.23 bits per heavy atom. The molecule has 0 unspecified atom stereocenters. The van der Waals surface area contributed by atoms with E-state index in [1.54, 1.807) is 11.3 Å². The molecule has 2 rings (SSSR count). The van der Waals surface area contributed by atoms with E-state index in [0.717, 1.165) is 16.4 Å². The van der Waals surface area contributed by atoms with Gasteiger partial charge in [0.05, 0.1) is 6.04 Å². The van der Waals surface area contributed by atoms with Crippen LogP contribution in [0.5, 0.6) is 0 Å². The van der Waals surface area contributed by atoms with Crippen molar-refractivity contribution in [3.8, 4) is 0 Å². The zero-order chi connectivity index (χ0) is 9.26. The van der Waals surface area contributed by atoms with Crippen LogP contribution in [-0.4, -0.2) is 0 Å². The second-order valence-electron chi connectivity index (χ2n) is 2.94. The average molecular weight is 193 g/mol. The van der Waals surface area contributed by atoms with Gasteiger partial charge in [-0.3, -0.25) is 0 Å². The van der Waals surface area contributed by atoms with Gasteiger partial charge in [0.1, 0.15) is 11.5 Å². The largest absolute Gasteiger partial charge is 0.464 e. The SMILES string of the molecule is Cc1ccc([C@H](N)c2cccs2)o1. The van der Waals surface area contributed by atoms with Crippen LogP contribution in [0.4, 0.5) is 0 Å². The number of aryl methyl sites for hydroxylation is 1. The first kappa shape index (κ1) is 8.53. The fourth-order valence-corrected chi connectivity index (χ4v) is 1.96. The van der Waals surface area contributed by atoms with Gasteiger partial charge < -0.3 is 10.2 Å². The highest BCUT2D eigenvalue weighted by atomic mass is 32.1. The molecular formula is C10H11NOS. The first-order valence-electron chi connectivity index (χ1n) is 4.12. The molecule has 13 heavy (non-hydrogen) atoms. The summed E-state index contributed by atoms with van der Waals surface area (Å²) >= 11 is 1.65. The molecule has 2 heterocycles.